The molecule has 0 fully saturated rings. The zero-order valence-corrected chi connectivity index (χ0v) is 15.2. The van der Waals surface area contributed by atoms with Crippen molar-refractivity contribution in [2.45, 2.75) is 0 Å². The average Bonchev–Trinajstić information content (AvgIpc) is 2.72. The van der Waals surface area contributed by atoms with Crippen LogP contribution in [-0.2, 0) is 0 Å². The third-order valence-electron chi connectivity index (χ3n) is 4.48. The molecule has 0 atom stereocenters. The van der Waals surface area contributed by atoms with Gasteiger partial charge in [0.2, 0.25) is 0 Å². The van der Waals surface area contributed by atoms with Crippen molar-refractivity contribution in [2.75, 3.05) is 0 Å². The van der Waals surface area contributed by atoms with Crippen LogP contribution in [-0.4, -0.2) is 44.3 Å². The summed E-state index contributed by atoms with van der Waals surface area (Å²) in [6.07, 6.45) is 0. The van der Waals surface area contributed by atoms with Crippen LogP contribution in [0.1, 0.15) is 41.4 Å². The van der Waals surface area contributed by atoms with E-state index in [0.29, 0.717) is 0 Å². The number of carboxylic acid groups (broad SMARTS) is 4. The molecule has 0 saturated carbocycles. The van der Waals surface area contributed by atoms with Gasteiger partial charge in [0, 0.05) is 11.1 Å². The lowest BCUT2D eigenvalue weighted by atomic mass is 9.81. The fourth-order valence-corrected chi connectivity index (χ4v) is 3.39. The fraction of sp³-hybridized carbons (Fsp3) is 0. The second kappa shape index (κ2) is 7.88. The number of carboxylic acids is 4. The van der Waals surface area contributed by atoms with Crippen molar-refractivity contribution in [2.24, 2.45) is 0 Å². The summed E-state index contributed by atoms with van der Waals surface area (Å²) in [5.74, 6) is -6.77. The van der Waals surface area contributed by atoms with Crippen LogP contribution in [0.5, 0.6) is 0 Å². The maximum atomic E-state index is 12.2. The highest BCUT2D eigenvalue weighted by atomic mass is 16.4. The number of carbonyl (C=O) groups is 4. The van der Waals surface area contributed by atoms with Crippen LogP contribution >= 0.6 is 0 Å². The van der Waals surface area contributed by atoms with Crippen LogP contribution in [0.15, 0.2) is 60.7 Å². The molecule has 0 radical (unpaired) electrons. The van der Waals surface area contributed by atoms with E-state index in [-0.39, 0.29) is 11.1 Å². The van der Waals surface area contributed by atoms with Gasteiger partial charge in [-0.3, -0.25) is 0 Å². The molecule has 4 N–H and O–H groups in total. The number of hydrogen-bond donors (Lipinski definition) is 4. The minimum atomic E-state index is -1.69. The van der Waals surface area contributed by atoms with Crippen molar-refractivity contribution in [3.8, 4) is 22.3 Å². The van der Waals surface area contributed by atoms with Crippen LogP contribution in [0, 0.1) is 0 Å². The monoisotopic (exact) mass is 406 g/mol. The highest BCUT2D eigenvalue weighted by Gasteiger charge is 2.36. The first-order valence-corrected chi connectivity index (χ1v) is 8.53. The van der Waals surface area contributed by atoms with Crippen molar-refractivity contribution in [1.29, 1.82) is 0 Å². The van der Waals surface area contributed by atoms with E-state index >= 15 is 0 Å². The van der Waals surface area contributed by atoms with Gasteiger partial charge in [0.1, 0.15) is 0 Å². The lowest BCUT2D eigenvalue weighted by Gasteiger charge is -2.20. The van der Waals surface area contributed by atoms with Gasteiger partial charge in [-0.1, -0.05) is 60.7 Å². The smallest absolute Gasteiger partial charge is 0.337 e. The average molecular weight is 406 g/mol. The summed E-state index contributed by atoms with van der Waals surface area (Å²) in [6, 6.07) is 14.7. The summed E-state index contributed by atoms with van der Waals surface area (Å²) in [5, 5.41) is 39.4. The first kappa shape index (κ1) is 20.3. The molecule has 0 spiro atoms. The Morgan fingerprint density at radius 3 is 0.867 bits per heavy atom. The highest BCUT2D eigenvalue weighted by Crippen LogP contribution is 2.40. The van der Waals surface area contributed by atoms with Crippen molar-refractivity contribution in [1.82, 2.24) is 0 Å². The maximum Gasteiger partial charge on any atom is 0.337 e. The first-order chi connectivity index (χ1) is 14.3. The normalized spacial score (nSPS) is 10.4. The van der Waals surface area contributed by atoms with Crippen LogP contribution < -0.4 is 0 Å². The second-order valence-electron chi connectivity index (χ2n) is 6.20. The molecule has 0 unspecified atom stereocenters. The van der Waals surface area contributed by atoms with E-state index in [2.05, 4.69) is 0 Å². The highest BCUT2D eigenvalue weighted by molar-refractivity contribution is 6.21. The van der Waals surface area contributed by atoms with Crippen molar-refractivity contribution < 1.29 is 39.6 Å². The Bertz CT molecular complexity index is 1030. The summed E-state index contributed by atoms with van der Waals surface area (Å²) in [5.41, 5.74) is -4.02. The molecular weight excluding hydrogens is 392 g/mol. The molecule has 0 bridgehead atoms. The summed E-state index contributed by atoms with van der Waals surface area (Å²) < 4.78 is 0. The minimum Gasteiger partial charge on any atom is -0.478 e. The molecule has 8 heteroatoms. The van der Waals surface area contributed by atoms with Gasteiger partial charge in [-0.05, 0) is 11.1 Å². The zero-order chi connectivity index (χ0) is 22.0. The number of aromatic carboxylic acids is 4. The van der Waals surface area contributed by atoms with Gasteiger partial charge in [0.05, 0.1) is 22.3 Å². The van der Waals surface area contributed by atoms with Crippen molar-refractivity contribution in [3.63, 3.8) is 0 Å². The van der Waals surface area contributed by atoms with Crippen LogP contribution in [0.3, 0.4) is 0 Å². The summed E-state index contributed by atoms with van der Waals surface area (Å²) in [7, 11) is 0. The molecule has 3 aromatic rings. The number of benzene rings is 3. The van der Waals surface area contributed by atoms with Gasteiger partial charge in [0.15, 0.2) is 0 Å². The number of rotatable bonds is 6. The third kappa shape index (κ3) is 3.37. The zero-order valence-electron chi connectivity index (χ0n) is 15.2. The predicted octanol–water partition coefficient (Wildman–Crippen LogP) is 3.81. The largest absolute Gasteiger partial charge is 0.478 e. The van der Waals surface area contributed by atoms with Gasteiger partial charge in [-0.15, -0.1) is 0 Å². The standard InChI is InChI=1S/C22H14O8/c23-19(24)15-13(11-7-3-1-4-8-11)16(20(25)26)18(22(29)30)14(17(15)21(27)28)12-9-5-2-6-10-12/h1-10H,(H,23,24)(H,25,26)(H,27,28)(H,29,30). The molecule has 8 nitrogen and oxygen atoms in total. The Morgan fingerprint density at radius 2 is 0.667 bits per heavy atom. The number of hydrogen-bond acceptors (Lipinski definition) is 4. The summed E-state index contributed by atoms with van der Waals surface area (Å²) >= 11 is 0. The van der Waals surface area contributed by atoms with Crippen LogP contribution in [0.4, 0.5) is 0 Å². The van der Waals surface area contributed by atoms with Gasteiger partial charge < -0.3 is 20.4 Å². The topological polar surface area (TPSA) is 149 Å². The van der Waals surface area contributed by atoms with Crippen molar-refractivity contribution >= 4 is 23.9 Å². The molecule has 0 saturated heterocycles. The summed E-state index contributed by atoms with van der Waals surface area (Å²) in [4.78, 5) is 48.6. The molecule has 30 heavy (non-hydrogen) atoms. The predicted molar refractivity (Wildman–Crippen MR) is 105 cm³/mol. The Labute approximate surface area is 169 Å². The molecule has 0 aliphatic rings. The Kier molecular flexibility index (Phi) is 5.33. The minimum absolute atomic E-state index is 0.0666. The molecule has 3 rings (SSSR count). The molecule has 0 aromatic heterocycles. The Balaban J connectivity index is 2.71. The molecule has 0 aliphatic carbocycles. The lowest BCUT2D eigenvalue weighted by Crippen LogP contribution is -2.21. The SMILES string of the molecule is O=C(O)c1c(C(=O)O)c(-c2ccccc2)c(C(=O)O)c(C(=O)O)c1-c1ccccc1. The molecule has 150 valence electrons. The van der Waals surface area contributed by atoms with E-state index in [9.17, 15) is 39.6 Å². The van der Waals surface area contributed by atoms with E-state index in [1.54, 1.807) is 12.1 Å². The lowest BCUT2D eigenvalue weighted by molar-refractivity contribution is 0.0639. The molecule has 0 aliphatic heterocycles. The molecule has 0 heterocycles. The van der Waals surface area contributed by atoms with Crippen LogP contribution in [0.2, 0.25) is 0 Å². The van der Waals surface area contributed by atoms with E-state index in [4.69, 9.17) is 0 Å². The van der Waals surface area contributed by atoms with E-state index in [1.807, 2.05) is 0 Å². The summed E-state index contributed by atoms with van der Waals surface area (Å²) in [6.45, 7) is 0. The molecule has 0 amide bonds. The van der Waals surface area contributed by atoms with E-state index in [1.165, 1.54) is 48.5 Å². The van der Waals surface area contributed by atoms with E-state index < -0.39 is 57.3 Å². The second-order valence-corrected chi connectivity index (χ2v) is 6.20. The van der Waals surface area contributed by atoms with E-state index in [0.717, 1.165) is 0 Å². The van der Waals surface area contributed by atoms with Gasteiger partial charge in [-0.2, -0.15) is 0 Å². The quantitative estimate of drug-likeness (QED) is 0.483. The Hall–Kier alpha value is -4.46. The van der Waals surface area contributed by atoms with Gasteiger partial charge in [-0.25, -0.2) is 19.2 Å². The third-order valence-corrected chi connectivity index (χ3v) is 4.48. The van der Waals surface area contributed by atoms with Gasteiger partial charge in [0.25, 0.3) is 0 Å². The fourth-order valence-electron chi connectivity index (χ4n) is 3.39. The first-order valence-electron chi connectivity index (χ1n) is 8.53. The van der Waals surface area contributed by atoms with Gasteiger partial charge >= 0.3 is 23.9 Å². The van der Waals surface area contributed by atoms with Crippen LogP contribution in [0.25, 0.3) is 22.3 Å². The maximum absolute atomic E-state index is 12.2. The molecular formula is C22H14O8. The van der Waals surface area contributed by atoms with Crippen molar-refractivity contribution in [3.05, 3.63) is 82.9 Å². The molecule has 3 aromatic carbocycles. The Morgan fingerprint density at radius 1 is 0.433 bits per heavy atom.